The molecule has 4 heteroatoms. The molecule has 4 aromatic rings. The molecule has 0 atom stereocenters. The minimum Gasteiger partial charge on any atom is -0.281 e. The third kappa shape index (κ3) is 1.57. The van der Waals surface area contributed by atoms with Gasteiger partial charge in [-0.15, -0.1) is 10.2 Å². The van der Waals surface area contributed by atoms with E-state index in [1.54, 1.807) is 0 Å². The molecule has 3 heterocycles. The van der Waals surface area contributed by atoms with Crippen molar-refractivity contribution >= 4 is 16.6 Å². The highest BCUT2D eigenvalue weighted by molar-refractivity contribution is 5.80. The molecule has 0 saturated heterocycles. The first kappa shape index (κ1) is 10.2. The van der Waals surface area contributed by atoms with Gasteiger partial charge in [0.1, 0.15) is 5.69 Å². The van der Waals surface area contributed by atoms with E-state index >= 15 is 0 Å². The van der Waals surface area contributed by atoms with Crippen LogP contribution in [0.2, 0.25) is 0 Å². The molecule has 4 rings (SSSR count). The van der Waals surface area contributed by atoms with E-state index in [4.69, 9.17) is 0 Å². The standard InChI is InChI=1S/C15H9N4/c1-2-6-12-11(5-1)8-9-13(16-12)15-18-17-14-7-3-4-10-19(14)15/h1-5,7-10H. The Morgan fingerprint density at radius 3 is 2.95 bits per heavy atom. The number of aromatic nitrogens is 4. The van der Waals surface area contributed by atoms with Crippen molar-refractivity contribution in [1.29, 1.82) is 0 Å². The zero-order chi connectivity index (χ0) is 12.7. The van der Waals surface area contributed by atoms with E-state index in [9.17, 15) is 0 Å². The van der Waals surface area contributed by atoms with Crippen molar-refractivity contribution < 1.29 is 0 Å². The van der Waals surface area contributed by atoms with Gasteiger partial charge in [-0.05, 0) is 18.2 Å². The van der Waals surface area contributed by atoms with Crippen molar-refractivity contribution in [3.63, 3.8) is 0 Å². The van der Waals surface area contributed by atoms with Crippen molar-refractivity contribution in [3.05, 3.63) is 60.8 Å². The second-order valence-corrected chi connectivity index (χ2v) is 4.26. The quantitative estimate of drug-likeness (QED) is 0.518. The summed E-state index contributed by atoms with van der Waals surface area (Å²) in [5.41, 5.74) is 2.46. The van der Waals surface area contributed by atoms with Crippen LogP contribution in [0, 0.1) is 6.07 Å². The summed E-state index contributed by atoms with van der Waals surface area (Å²) in [4.78, 5) is 4.59. The van der Waals surface area contributed by atoms with Crippen molar-refractivity contribution in [2.24, 2.45) is 0 Å². The van der Waals surface area contributed by atoms with Crippen LogP contribution in [-0.2, 0) is 0 Å². The van der Waals surface area contributed by atoms with Gasteiger partial charge in [0.05, 0.1) is 5.52 Å². The number of para-hydroxylation sites is 1. The summed E-state index contributed by atoms with van der Waals surface area (Å²) in [5.74, 6) is 0.745. The van der Waals surface area contributed by atoms with Crippen LogP contribution in [-0.4, -0.2) is 19.6 Å². The topological polar surface area (TPSA) is 43.1 Å². The number of hydrogen-bond acceptors (Lipinski definition) is 3. The lowest BCUT2D eigenvalue weighted by molar-refractivity contribution is 1.10. The van der Waals surface area contributed by atoms with Crippen molar-refractivity contribution in [2.75, 3.05) is 0 Å². The van der Waals surface area contributed by atoms with E-state index in [0.29, 0.717) is 0 Å². The van der Waals surface area contributed by atoms with Gasteiger partial charge in [0.25, 0.3) is 0 Å². The molecule has 89 valence electrons. The fourth-order valence-electron chi connectivity index (χ4n) is 2.14. The summed E-state index contributed by atoms with van der Waals surface area (Å²) in [5, 5.41) is 9.42. The lowest BCUT2D eigenvalue weighted by Crippen LogP contribution is -1.91. The molecule has 3 aromatic heterocycles. The number of benzene rings is 1. The number of nitrogens with zero attached hydrogens (tertiary/aromatic N) is 4. The van der Waals surface area contributed by atoms with Crippen LogP contribution in [0.25, 0.3) is 28.1 Å². The van der Waals surface area contributed by atoms with Crippen LogP contribution in [0.1, 0.15) is 0 Å². The molecule has 1 radical (unpaired) electrons. The Morgan fingerprint density at radius 2 is 1.95 bits per heavy atom. The summed E-state index contributed by atoms with van der Waals surface area (Å²) in [6.45, 7) is 0. The van der Waals surface area contributed by atoms with Crippen LogP contribution in [0.5, 0.6) is 0 Å². The third-order valence-electron chi connectivity index (χ3n) is 3.06. The minimum atomic E-state index is 0.745. The summed E-state index contributed by atoms with van der Waals surface area (Å²) >= 11 is 0. The summed E-state index contributed by atoms with van der Waals surface area (Å²) in [7, 11) is 0. The smallest absolute Gasteiger partial charge is 0.187 e. The maximum atomic E-state index is 4.59. The predicted molar refractivity (Wildman–Crippen MR) is 72.6 cm³/mol. The molecule has 0 N–H and O–H groups in total. The van der Waals surface area contributed by atoms with Gasteiger partial charge < -0.3 is 0 Å². The summed E-state index contributed by atoms with van der Waals surface area (Å²) in [6, 6.07) is 18.8. The highest BCUT2D eigenvalue weighted by Crippen LogP contribution is 2.19. The number of fused-ring (bicyclic) bond motifs is 2. The van der Waals surface area contributed by atoms with Crippen LogP contribution >= 0.6 is 0 Å². The Bertz CT molecular complexity index is 879. The van der Waals surface area contributed by atoms with E-state index < -0.39 is 0 Å². The Kier molecular flexibility index (Phi) is 2.08. The van der Waals surface area contributed by atoms with Crippen molar-refractivity contribution in [3.8, 4) is 11.5 Å². The summed E-state index contributed by atoms with van der Waals surface area (Å²) < 4.78 is 1.93. The lowest BCUT2D eigenvalue weighted by Gasteiger charge is -2.01. The molecule has 1 aromatic carbocycles. The molecular weight excluding hydrogens is 236 g/mol. The molecule has 4 nitrogen and oxygen atoms in total. The van der Waals surface area contributed by atoms with Crippen LogP contribution in [0.15, 0.2) is 54.7 Å². The van der Waals surface area contributed by atoms with Crippen LogP contribution in [0.3, 0.4) is 0 Å². The fraction of sp³-hybridized carbons (Fsp3) is 0. The van der Waals surface area contributed by atoms with E-state index in [-0.39, 0.29) is 0 Å². The van der Waals surface area contributed by atoms with Gasteiger partial charge in [-0.25, -0.2) is 4.98 Å². The first-order chi connectivity index (χ1) is 9.42. The van der Waals surface area contributed by atoms with Gasteiger partial charge in [0.2, 0.25) is 0 Å². The van der Waals surface area contributed by atoms with Crippen LogP contribution < -0.4 is 0 Å². The van der Waals surface area contributed by atoms with Gasteiger partial charge in [-0.1, -0.05) is 30.3 Å². The van der Waals surface area contributed by atoms with Crippen molar-refractivity contribution in [1.82, 2.24) is 19.6 Å². The maximum absolute atomic E-state index is 4.59. The van der Waals surface area contributed by atoms with Crippen molar-refractivity contribution in [2.45, 2.75) is 0 Å². The van der Waals surface area contributed by atoms with Gasteiger partial charge in [-0.3, -0.25) is 4.40 Å². The molecule has 0 aliphatic heterocycles. The minimum absolute atomic E-state index is 0.745. The second-order valence-electron chi connectivity index (χ2n) is 4.26. The molecule has 0 fully saturated rings. The first-order valence-corrected chi connectivity index (χ1v) is 5.99. The predicted octanol–water partition coefficient (Wildman–Crippen LogP) is 2.74. The van der Waals surface area contributed by atoms with E-state index in [0.717, 1.165) is 28.1 Å². The van der Waals surface area contributed by atoms with Gasteiger partial charge in [0, 0.05) is 17.6 Å². The second kappa shape index (κ2) is 3.88. The van der Waals surface area contributed by atoms with E-state index in [1.165, 1.54) is 0 Å². The van der Waals surface area contributed by atoms with Gasteiger partial charge >= 0.3 is 0 Å². The average Bonchev–Trinajstić information content (AvgIpc) is 2.91. The Labute approximate surface area is 109 Å². The molecule has 0 bridgehead atoms. The lowest BCUT2D eigenvalue weighted by atomic mass is 10.2. The summed E-state index contributed by atoms with van der Waals surface area (Å²) in [6.07, 6.45) is 1.94. The van der Waals surface area contributed by atoms with Gasteiger partial charge in [-0.2, -0.15) is 0 Å². The SMILES string of the molecule is [c]1cccc2ccc(-c3nnc4ccccn34)nc12. The molecule has 0 spiro atoms. The zero-order valence-electron chi connectivity index (χ0n) is 9.99. The van der Waals surface area contributed by atoms with Crippen LogP contribution in [0.4, 0.5) is 0 Å². The molecule has 0 aliphatic carbocycles. The molecule has 0 aliphatic rings. The molecule has 0 amide bonds. The molecular formula is C15H9N4. The maximum Gasteiger partial charge on any atom is 0.187 e. The molecule has 0 unspecified atom stereocenters. The van der Waals surface area contributed by atoms with E-state index in [1.807, 2.05) is 59.1 Å². The Balaban J connectivity index is 1.99. The highest BCUT2D eigenvalue weighted by Gasteiger charge is 2.09. The highest BCUT2D eigenvalue weighted by atomic mass is 15.2. The molecule has 0 saturated carbocycles. The number of rotatable bonds is 1. The number of pyridine rings is 2. The molecule has 19 heavy (non-hydrogen) atoms. The Morgan fingerprint density at radius 1 is 0.947 bits per heavy atom. The average molecular weight is 245 g/mol. The Hall–Kier alpha value is -2.75. The first-order valence-electron chi connectivity index (χ1n) is 5.99. The number of hydrogen-bond donors (Lipinski definition) is 0. The zero-order valence-corrected chi connectivity index (χ0v) is 9.99. The normalized spacial score (nSPS) is 11.2. The largest absolute Gasteiger partial charge is 0.281 e. The van der Waals surface area contributed by atoms with Gasteiger partial charge in [0.15, 0.2) is 11.5 Å². The van der Waals surface area contributed by atoms with E-state index in [2.05, 4.69) is 21.2 Å². The third-order valence-corrected chi connectivity index (χ3v) is 3.06. The monoisotopic (exact) mass is 245 g/mol. The fourth-order valence-corrected chi connectivity index (χ4v) is 2.14.